The molecule has 1 heterocycles. The zero-order valence-electron chi connectivity index (χ0n) is 11.9. The minimum absolute atomic E-state index is 0.0747. The molecular formula is C16H20ClN3O. The van der Waals surface area contributed by atoms with Gasteiger partial charge in [0.2, 0.25) is 0 Å². The number of halogens is 1. The van der Waals surface area contributed by atoms with Gasteiger partial charge in [-0.3, -0.25) is 4.79 Å². The number of hydrogen-bond donors (Lipinski definition) is 1. The number of anilines is 1. The molecule has 1 aliphatic carbocycles. The van der Waals surface area contributed by atoms with E-state index in [1.807, 2.05) is 30.3 Å². The van der Waals surface area contributed by atoms with Crippen LogP contribution in [0.15, 0.2) is 35.4 Å². The van der Waals surface area contributed by atoms with Crippen molar-refractivity contribution < 1.29 is 4.79 Å². The van der Waals surface area contributed by atoms with Crippen molar-refractivity contribution in [3.05, 3.63) is 30.3 Å². The smallest absolute Gasteiger partial charge is 0.266 e. The summed E-state index contributed by atoms with van der Waals surface area (Å²) in [6.45, 7) is 0. The van der Waals surface area contributed by atoms with Gasteiger partial charge < -0.3 is 5.32 Å². The van der Waals surface area contributed by atoms with Crippen molar-refractivity contribution >= 4 is 29.4 Å². The van der Waals surface area contributed by atoms with Crippen LogP contribution in [0, 0.1) is 0 Å². The highest BCUT2D eigenvalue weighted by atomic mass is 35.5. The average Bonchev–Trinajstić information content (AvgIpc) is 2.53. The van der Waals surface area contributed by atoms with Crippen LogP contribution in [0.2, 0.25) is 0 Å². The minimum atomic E-state index is -0.396. The van der Waals surface area contributed by atoms with Crippen LogP contribution in [0.1, 0.15) is 32.1 Å². The highest BCUT2D eigenvalue weighted by Crippen LogP contribution is 2.23. The summed E-state index contributed by atoms with van der Waals surface area (Å²) in [5.41, 5.74) is 0.776. The van der Waals surface area contributed by atoms with E-state index >= 15 is 0 Å². The molecule has 2 aliphatic rings. The molecule has 1 aromatic rings. The fourth-order valence-electron chi connectivity index (χ4n) is 2.99. The molecule has 2 atom stereocenters. The Labute approximate surface area is 130 Å². The predicted molar refractivity (Wildman–Crippen MR) is 85.9 cm³/mol. The van der Waals surface area contributed by atoms with Crippen molar-refractivity contribution in [3.63, 3.8) is 0 Å². The average molecular weight is 306 g/mol. The van der Waals surface area contributed by atoms with Crippen LogP contribution >= 0.6 is 11.6 Å². The first kappa shape index (κ1) is 14.5. The molecule has 0 bridgehead atoms. The molecule has 0 aromatic heterocycles. The number of carbonyl (C=O) groups is 1. The van der Waals surface area contributed by atoms with E-state index < -0.39 is 6.04 Å². The summed E-state index contributed by atoms with van der Waals surface area (Å²) in [4.78, 5) is 12.7. The number of para-hydroxylation sites is 1. The number of carbonyl (C=O) groups excluding carboxylic acids is 1. The fourth-order valence-corrected chi connectivity index (χ4v) is 3.22. The van der Waals surface area contributed by atoms with Gasteiger partial charge in [0.05, 0.1) is 11.1 Å². The standard InChI is InChI=1S/C16H20ClN3O/c17-14-11-18-20(13-9-5-2-6-10-13)16(21)15(14)19-12-7-3-1-4-8-12/h2,5-6,9-12,14-15,19H,1,3-4,7-8H2/t14-,15+/m0/s1. The molecule has 1 aromatic carbocycles. The van der Waals surface area contributed by atoms with Gasteiger partial charge in [0.25, 0.3) is 5.91 Å². The van der Waals surface area contributed by atoms with Gasteiger partial charge in [0, 0.05) is 12.3 Å². The van der Waals surface area contributed by atoms with Crippen molar-refractivity contribution in [3.8, 4) is 0 Å². The minimum Gasteiger partial charge on any atom is -0.301 e. The maximum atomic E-state index is 12.7. The third-order valence-electron chi connectivity index (χ3n) is 4.14. The Morgan fingerprint density at radius 2 is 1.86 bits per heavy atom. The van der Waals surface area contributed by atoms with Crippen LogP contribution in [0.3, 0.4) is 0 Å². The lowest BCUT2D eigenvalue weighted by atomic mass is 9.94. The van der Waals surface area contributed by atoms with E-state index in [9.17, 15) is 4.79 Å². The third-order valence-corrected chi connectivity index (χ3v) is 4.50. The largest absolute Gasteiger partial charge is 0.301 e. The first-order valence-electron chi connectivity index (χ1n) is 7.59. The second-order valence-corrected chi connectivity index (χ2v) is 6.18. The lowest BCUT2D eigenvalue weighted by Gasteiger charge is -2.33. The number of benzene rings is 1. The van der Waals surface area contributed by atoms with Gasteiger partial charge in [0.1, 0.15) is 6.04 Å². The van der Waals surface area contributed by atoms with Crippen molar-refractivity contribution in [1.29, 1.82) is 0 Å². The number of hydrazone groups is 1. The number of alkyl halides is 1. The van der Waals surface area contributed by atoms with Crippen LogP contribution < -0.4 is 10.3 Å². The zero-order valence-corrected chi connectivity index (χ0v) is 12.7. The maximum Gasteiger partial charge on any atom is 0.266 e. The van der Waals surface area contributed by atoms with E-state index in [0.29, 0.717) is 6.04 Å². The SMILES string of the molecule is O=C1[C@H](NC2CCCCC2)[C@@H](Cl)C=NN1c1ccccc1. The second kappa shape index (κ2) is 6.58. The highest BCUT2D eigenvalue weighted by Gasteiger charge is 2.35. The van der Waals surface area contributed by atoms with Crippen LogP contribution in [0.5, 0.6) is 0 Å². The van der Waals surface area contributed by atoms with Gasteiger partial charge in [-0.25, -0.2) is 0 Å². The number of nitrogens with zero attached hydrogens (tertiary/aromatic N) is 2. The molecule has 1 aliphatic heterocycles. The molecule has 21 heavy (non-hydrogen) atoms. The van der Waals surface area contributed by atoms with E-state index in [1.165, 1.54) is 24.3 Å². The number of nitrogens with one attached hydrogen (secondary N) is 1. The van der Waals surface area contributed by atoms with Crippen molar-refractivity contribution in [1.82, 2.24) is 5.32 Å². The van der Waals surface area contributed by atoms with Crippen LogP contribution in [-0.4, -0.2) is 29.6 Å². The third kappa shape index (κ3) is 3.27. The van der Waals surface area contributed by atoms with Crippen LogP contribution in [0.4, 0.5) is 5.69 Å². The van der Waals surface area contributed by atoms with Crippen LogP contribution in [-0.2, 0) is 4.79 Å². The second-order valence-electron chi connectivity index (χ2n) is 5.67. The van der Waals surface area contributed by atoms with Gasteiger partial charge in [0.15, 0.2) is 0 Å². The van der Waals surface area contributed by atoms with Crippen LogP contribution in [0.25, 0.3) is 0 Å². The van der Waals surface area contributed by atoms with E-state index in [2.05, 4.69) is 10.4 Å². The summed E-state index contributed by atoms with van der Waals surface area (Å²) < 4.78 is 0. The molecule has 1 saturated carbocycles. The number of hydrogen-bond acceptors (Lipinski definition) is 3. The van der Waals surface area contributed by atoms with E-state index in [1.54, 1.807) is 6.21 Å². The van der Waals surface area contributed by atoms with Gasteiger partial charge in [-0.15, -0.1) is 11.6 Å². The van der Waals surface area contributed by atoms with Gasteiger partial charge in [-0.05, 0) is 25.0 Å². The monoisotopic (exact) mass is 305 g/mol. The first-order valence-corrected chi connectivity index (χ1v) is 8.02. The quantitative estimate of drug-likeness (QED) is 0.873. The van der Waals surface area contributed by atoms with Crippen molar-refractivity contribution in [2.24, 2.45) is 5.10 Å². The summed E-state index contributed by atoms with van der Waals surface area (Å²) in [6.07, 6.45) is 7.63. The highest BCUT2D eigenvalue weighted by molar-refractivity contribution is 6.31. The van der Waals surface area contributed by atoms with Gasteiger partial charge in [-0.1, -0.05) is 37.5 Å². The van der Waals surface area contributed by atoms with E-state index in [4.69, 9.17) is 11.6 Å². The van der Waals surface area contributed by atoms with Gasteiger partial charge in [-0.2, -0.15) is 10.1 Å². The molecule has 1 N–H and O–H groups in total. The Morgan fingerprint density at radius 1 is 1.14 bits per heavy atom. The Balaban J connectivity index is 1.75. The molecule has 0 saturated heterocycles. The Bertz CT molecular complexity index is 514. The van der Waals surface area contributed by atoms with Crippen molar-refractivity contribution in [2.45, 2.75) is 49.6 Å². The molecule has 0 unspecified atom stereocenters. The predicted octanol–water partition coefficient (Wildman–Crippen LogP) is 2.92. The Kier molecular flexibility index (Phi) is 4.56. The molecule has 1 amide bonds. The molecule has 112 valence electrons. The summed E-state index contributed by atoms with van der Waals surface area (Å²) >= 11 is 6.29. The van der Waals surface area contributed by atoms with Crippen molar-refractivity contribution in [2.75, 3.05) is 5.01 Å². The molecule has 1 fully saturated rings. The Morgan fingerprint density at radius 3 is 2.57 bits per heavy atom. The normalized spacial score (nSPS) is 27.1. The topological polar surface area (TPSA) is 44.7 Å². The molecule has 4 nitrogen and oxygen atoms in total. The molecule has 0 radical (unpaired) electrons. The number of amides is 1. The Hall–Kier alpha value is -1.39. The summed E-state index contributed by atoms with van der Waals surface area (Å²) in [7, 11) is 0. The number of rotatable bonds is 3. The van der Waals surface area contributed by atoms with Gasteiger partial charge >= 0.3 is 0 Å². The zero-order chi connectivity index (χ0) is 14.7. The molecular weight excluding hydrogens is 286 g/mol. The lowest BCUT2D eigenvalue weighted by molar-refractivity contribution is -0.120. The maximum absolute atomic E-state index is 12.7. The summed E-state index contributed by atoms with van der Waals surface area (Å²) in [5.74, 6) is -0.0747. The fraction of sp³-hybridized carbons (Fsp3) is 0.500. The molecule has 3 rings (SSSR count). The van der Waals surface area contributed by atoms with E-state index in [0.717, 1.165) is 18.5 Å². The molecule has 0 spiro atoms. The molecule has 5 heteroatoms. The lowest BCUT2D eigenvalue weighted by Crippen LogP contribution is -2.56. The first-order chi connectivity index (χ1) is 10.3. The summed E-state index contributed by atoms with van der Waals surface area (Å²) in [6, 6.07) is 9.46. The summed E-state index contributed by atoms with van der Waals surface area (Å²) in [5, 5.41) is 8.69. The van der Waals surface area contributed by atoms with E-state index in [-0.39, 0.29) is 11.3 Å².